The second-order valence-corrected chi connectivity index (χ2v) is 4.90. The summed E-state index contributed by atoms with van der Waals surface area (Å²) in [5, 5.41) is 16.0. The summed E-state index contributed by atoms with van der Waals surface area (Å²) < 4.78 is 5.06. The van der Waals surface area contributed by atoms with Crippen LogP contribution in [-0.2, 0) is 0 Å². The predicted molar refractivity (Wildman–Crippen MR) is 72.6 cm³/mol. The van der Waals surface area contributed by atoms with E-state index in [1.165, 1.54) is 13.2 Å². The molecular formula is C14H20N2O3. The van der Waals surface area contributed by atoms with Crippen LogP contribution in [0.5, 0.6) is 11.5 Å². The number of hydrogen-bond donors (Lipinski definition) is 3. The van der Waals surface area contributed by atoms with Gasteiger partial charge in [-0.15, -0.1) is 0 Å². The minimum Gasteiger partial charge on any atom is -0.507 e. The van der Waals surface area contributed by atoms with Crippen LogP contribution in [0.4, 0.5) is 0 Å². The van der Waals surface area contributed by atoms with Crippen LogP contribution in [0, 0.1) is 5.92 Å². The van der Waals surface area contributed by atoms with E-state index >= 15 is 0 Å². The quantitative estimate of drug-likeness (QED) is 0.762. The van der Waals surface area contributed by atoms with Crippen molar-refractivity contribution in [3.8, 4) is 11.5 Å². The Kier molecular flexibility index (Phi) is 4.27. The molecule has 104 valence electrons. The number of carbonyl (C=O) groups is 1. The Morgan fingerprint density at radius 3 is 3.00 bits per heavy atom. The molecule has 0 spiro atoms. The van der Waals surface area contributed by atoms with Gasteiger partial charge in [0.2, 0.25) is 0 Å². The zero-order valence-corrected chi connectivity index (χ0v) is 11.3. The largest absolute Gasteiger partial charge is 0.507 e. The molecule has 0 aliphatic carbocycles. The Labute approximate surface area is 113 Å². The molecule has 1 aliphatic rings. The van der Waals surface area contributed by atoms with Gasteiger partial charge in [0.05, 0.1) is 12.7 Å². The molecule has 5 nitrogen and oxygen atoms in total. The maximum Gasteiger partial charge on any atom is 0.255 e. The van der Waals surface area contributed by atoms with Crippen LogP contribution >= 0.6 is 0 Å². The Morgan fingerprint density at radius 1 is 1.58 bits per heavy atom. The van der Waals surface area contributed by atoms with Gasteiger partial charge >= 0.3 is 0 Å². The van der Waals surface area contributed by atoms with Gasteiger partial charge in [-0.3, -0.25) is 4.79 Å². The van der Waals surface area contributed by atoms with E-state index in [1.807, 2.05) is 6.92 Å². The molecule has 0 bridgehead atoms. The maximum absolute atomic E-state index is 12.2. The smallest absolute Gasteiger partial charge is 0.255 e. The van der Waals surface area contributed by atoms with Crippen LogP contribution < -0.4 is 15.4 Å². The zero-order valence-electron chi connectivity index (χ0n) is 11.3. The number of aromatic hydroxyl groups is 1. The molecule has 1 saturated heterocycles. The predicted octanol–water partition coefficient (Wildman–Crippen LogP) is 1.13. The lowest BCUT2D eigenvalue weighted by Gasteiger charge is -2.20. The highest BCUT2D eigenvalue weighted by Crippen LogP contribution is 2.23. The Balaban J connectivity index is 2.06. The van der Waals surface area contributed by atoms with Gasteiger partial charge in [0.1, 0.15) is 11.5 Å². The summed E-state index contributed by atoms with van der Waals surface area (Å²) in [6, 6.07) is 4.71. The Bertz CT molecular complexity index is 456. The molecule has 0 saturated carbocycles. The van der Waals surface area contributed by atoms with Crippen molar-refractivity contribution < 1.29 is 14.6 Å². The number of methoxy groups -OCH3 is 1. The first kappa shape index (κ1) is 13.7. The van der Waals surface area contributed by atoms with E-state index in [-0.39, 0.29) is 23.3 Å². The van der Waals surface area contributed by atoms with Gasteiger partial charge in [0.15, 0.2) is 0 Å². The first-order chi connectivity index (χ1) is 9.11. The van der Waals surface area contributed by atoms with E-state index in [2.05, 4.69) is 10.6 Å². The van der Waals surface area contributed by atoms with Crippen LogP contribution in [0.1, 0.15) is 23.7 Å². The standard InChI is InChI=1S/C14H20N2O3/c1-9(10-5-6-15-8-10)16-14(18)12-7-11(19-2)3-4-13(12)17/h3-4,7,9-10,15,17H,5-6,8H2,1-2H3,(H,16,18). The molecule has 1 aromatic carbocycles. The van der Waals surface area contributed by atoms with Crippen molar-refractivity contribution in [1.82, 2.24) is 10.6 Å². The first-order valence-corrected chi connectivity index (χ1v) is 6.50. The lowest BCUT2D eigenvalue weighted by molar-refractivity contribution is 0.0925. The second-order valence-electron chi connectivity index (χ2n) is 4.90. The molecule has 19 heavy (non-hydrogen) atoms. The number of phenols is 1. The summed E-state index contributed by atoms with van der Waals surface area (Å²) in [4.78, 5) is 12.2. The number of benzene rings is 1. The number of carbonyl (C=O) groups excluding carboxylic acids is 1. The summed E-state index contributed by atoms with van der Waals surface area (Å²) in [7, 11) is 1.53. The normalized spacial score (nSPS) is 20.0. The van der Waals surface area contributed by atoms with Gasteiger partial charge in [-0.1, -0.05) is 0 Å². The summed E-state index contributed by atoms with van der Waals surface area (Å²) in [6.45, 7) is 3.91. The average Bonchev–Trinajstić information content (AvgIpc) is 2.93. The third-order valence-corrected chi connectivity index (χ3v) is 3.61. The van der Waals surface area contributed by atoms with Crippen molar-refractivity contribution in [3.63, 3.8) is 0 Å². The molecule has 1 aromatic rings. The van der Waals surface area contributed by atoms with Gasteiger partial charge in [-0.05, 0) is 50.6 Å². The van der Waals surface area contributed by atoms with Crippen molar-refractivity contribution in [1.29, 1.82) is 0 Å². The lowest BCUT2D eigenvalue weighted by Crippen LogP contribution is -2.38. The van der Waals surface area contributed by atoms with Crippen molar-refractivity contribution in [2.24, 2.45) is 5.92 Å². The summed E-state index contributed by atoms with van der Waals surface area (Å²) >= 11 is 0. The minimum atomic E-state index is -0.268. The molecule has 1 heterocycles. The fraction of sp³-hybridized carbons (Fsp3) is 0.500. The molecule has 3 N–H and O–H groups in total. The molecule has 0 radical (unpaired) electrons. The van der Waals surface area contributed by atoms with E-state index in [9.17, 15) is 9.90 Å². The van der Waals surface area contributed by atoms with Crippen LogP contribution in [0.15, 0.2) is 18.2 Å². The fourth-order valence-electron chi connectivity index (χ4n) is 2.33. The van der Waals surface area contributed by atoms with Gasteiger partial charge in [0, 0.05) is 6.04 Å². The Hall–Kier alpha value is -1.75. The molecule has 2 atom stereocenters. The average molecular weight is 264 g/mol. The molecule has 2 rings (SSSR count). The van der Waals surface area contributed by atoms with Crippen LogP contribution in [-0.4, -0.2) is 37.3 Å². The van der Waals surface area contributed by atoms with Gasteiger partial charge in [-0.2, -0.15) is 0 Å². The Morgan fingerprint density at radius 2 is 2.37 bits per heavy atom. The highest BCUT2D eigenvalue weighted by Gasteiger charge is 2.23. The first-order valence-electron chi connectivity index (χ1n) is 6.50. The topological polar surface area (TPSA) is 70.6 Å². The van der Waals surface area contributed by atoms with Gasteiger partial charge in [0.25, 0.3) is 5.91 Å². The summed E-state index contributed by atoms with van der Waals surface area (Å²) in [6.07, 6.45) is 1.06. The van der Waals surface area contributed by atoms with Crippen LogP contribution in [0.3, 0.4) is 0 Å². The van der Waals surface area contributed by atoms with E-state index in [1.54, 1.807) is 12.1 Å². The highest BCUT2D eigenvalue weighted by molar-refractivity contribution is 5.97. The molecule has 1 aliphatic heterocycles. The number of amides is 1. The van der Waals surface area contributed by atoms with E-state index in [0.717, 1.165) is 19.5 Å². The maximum atomic E-state index is 12.2. The minimum absolute atomic E-state index is 0.0324. The third kappa shape index (κ3) is 3.17. The fourth-order valence-corrected chi connectivity index (χ4v) is 2.33. The number of ether oxygens (including phenoxy) is 1. The van der Waals surface area contributed by atoms with Crippen LogP contribution in [0.25, 0.3) is 0 Å². The van der Waals surface area contributed by atoms with Gasteiger partial charge in [-0.25, -0.2) is 0 Å². The highest BCUT2D eigenvalue weighted by atomic mass is 16.5. The monoisotopic (exact) mass is 264 g/mol. The number of rotatable bonds is 4. The SMILES string of the molecule is COc1ccc(O)c(C(=O)NC(C)C2CCNC2)c1. The van der Waals surface area contributed by atoms with Crippen molar-refractivity contribution in [2.45, 2.75) is 19.4 Å². The van der Waals surface area contributed by atoms with Crippen LogP contribution in [0.2, 0.25) is 0 Å². The van der Waals surface area contributed by atoms with E-state index < -0.39 is 0 Å². The molecular weight excluding hydrogens is 244 g/mol. The molecule has 2 unspecified atom stereocenters. The lowest BCUT2D eigenvalue weighted by atomic mass is 10.00. The van der Waals surface area contributed by atoms with Gasteiger partial charge < -0.3 is 20.5 Å². The molecule has 1 fully saturated rings. The summed E-state index contributed by atoms with van der Waals surface area (Å²) in [5.74, 6) is 0.695. The second kappa shape index (κ2) is 5.93. The molecule has 1 amide bonds. The number of phenolic OH excluding ortho intramolecular Hbond substituents is 1. The third-order valence-electron chi connectivity index (χ3n) is 3.61. The van der Waals surface area contributed by atoms with E-state index in [4.69, 9.17) is 4.74 Å². The van der Waals surface area contributed by atoms with E-state index in [0.29, 0.717) is 11.7 Å². The molecule has 0 aromatic heterocycles. The van der Waals surface area contributed by atoms with Crippen molar-refractivity contribution in [3.05, 3.63) is 23.8 Å². The van der Waals surface area contributed by atoms with Crippen molar-refractivity contribution >= 4 is 5.91 Å². The van der Waals surface area contributed by atoms with Crippen molar-refractivity contribution in [2.75, 3.05) is 20.2 Å². The number of nitrogens with one attached hydrogen (secondary N) is 2. The number of hydrogen-bond acceptors (Lipinski definition) is 4. The zero-order chi connectivity index (χ0) is 13.8. The summed E-state index contributed by atoms with van der Waals surface area (Å²) in [5.41, 5.74) is 0.247. The molecule has 5 heteroatoms.